The second kappa shape index (κ2) is 8.39. The van der Waals surface area contributed by atoms with E-state index in [1.165, 1.54) is 0 Å². The van der Waals surface area contributed by atoms with Crippen LogP contribution in [0.3, 0.4) is 0 Å². The van der Waals surface area contributed by atoms with Gasteiger partial charge >= 0.3 is 0 Å². The molecule has 1 atom stereocenters. The van der Waals surface area contributed by atoms with Gasteiger partial charge in [-0.15, -0.1) is 0 Å². The van der Waals surface area contributed by atoms with Gasteiger partial charge in [0.25, 0.3) is 0 Å². The van der Waals surface area contributed by atoms with Gasteiger partial charge in [-0.1, -0.05) is 90.5 Å². The van der Waals surface area contributed by atoms with Crippen molar-refractivity contribution in [2.24, 2.45) is 0 Å². The van der Waals surface area contributed by atoms with Crippen molar-refractivity contribution < 1.29 is 9.59 Å². The lowest BCUT2D eigenvalue weighted by atomic mass is 9.86. The first-order chi connectivity index (χ1) is 12.6. The van der Waals surface area contributed by atoms with Gasteiger partial charge in [-0.25, -0.2) is 0 Å². The van der Waals surface area contributed by atoms with Crippen LogP contribution in [-0.4, -0.2) is 11.6 Å². The Hall–Kier alpha value is -3.00. The van der Waals surface area contributed by atoms with Crippen LogP contribution in [0.15, 0.2) is 84.9 Å². The molecule has 0 aliphatic carbocycles. The molecule has 0 spiro atoms. The molecule has 26 heavy (non-hydrogen) atoms. The number of carbonyl (C=O) groups excluding carboxylic acids is 2. The maximum absolute atomic E-state index is 12.7. The van der Waals surface area contributed by atoms with Gasteiger partial charge in [0.15, 0.2) is 11.6 Å². The Kier molecular flexibility index (Phi) is 5.75. The van der Waals surface area contributed by atoms with E-state index in [9.17, 15) is 9.59 Å². The first kappa shape index (κ1) is 17.8. The average Bonchev–Trinajstić information content (AvgIpc) is 2.69. The minimum absolute atomic E-state index is 0.0659. The van der Waals surface area contributed by atoms with Crippen molar-refractivity contribution in [2.45, 2.75) is 25.7 Å². The van der Waals surface area contributed by atoms with Crippen LogP contribution in [0.1, 0.15) is 50.6 Å². The second-order valence-corrected chi connectivity index (χ2v) is 6.59. The molecule has 3 aromatic rings. The number of hydrogen-bond donors (Lipinski definition) is 0. The van der Waals surface area contributed by atoms with E-state index in [0.717, 1.165) is 11.1 Å². The highest BCUT2D eigenvalue weighted by molar-refractivity contribution is 5.99. The molecular weight excluding hydrogens is 320 g/mol. The standard InChI is InChI=1S/C24H22O2/c1-18-12-14-21(15-13-18)24(26)17-22(19-8-4-2-5-9-19)16-23(25)20-10-6-3-7-11-20/h2-15,22H,16-17H2,1H3/t22-/m0/s1. The quantitative estimate of drug-likeness (QED) is 0.522. The zero-order valence-electron chi connectivity index (χ0n) is 14.9. The summed E-state index contributed by atoms with van der Waals surface area (Å²) in [6, 6.07) is 26.7. The van der Waals surface area contributed by atoms with E-state index in [-0.39, 0.29) is 17.5 Å². The van der Waals surface area contributed by atoms with Crippen molar-refractivity contribution in [3.63, 3.8) is 0 Å². The molecule has 0 fully saturated rings. The number of benzene rings is 3. The largest absolute Gasteiger partial charge is 0.294 e. The van der Waals surface area contributed by atoms with Crippen LogP contribution in [0.25, 0.3) is 0 Å². The van der Waals surface area contributed by atoms with Gasteiger partial charge < -0.3 is 0 Å². The normalized spacial score (nSPS) is 11.7. The minimum Gasteiger partial charge on any atom is -0.294 e. The molecule has 0 heterocycles. The molecule has 3 aromatic carbocycles. The lowest BCUT2D eigenvalue weighted by Gasteiger charge is -2.16. The Morgan fingerprint density at radius 2 is 1.12 bits per heavy atom. The molecule has 3 rings (SSSR count). The summed E-state index contributed by atoms with van der Waals surface area (Å²) in [5, 5.41) is 0. The van der Waals surface area contributed by atoms with E-state index < -0.39 is 0 Å². The monoisotopic (exact) mass is 342 g/mol. The fraction of sp³-hybridized carbons (Fsp3) is 0.167. The summed E-state index contributed by atoms with van der Waals surface area (Å²) in [5.41, 5.74) is 3.54. The lowest BCUT2D eigenvalue weighted by molar-refractivity contribution is 0.0944. The maximum Gasteiger partial charge on any atom is 0.163 e. The lowest BCUT2D eigenvalue weighted by Crippen LogP contribution is -2.12. The molecule has 0 aliphatic rings. The summed E-state index contributed by atoms with van der Waals surface area (Å²) in [4.78, 5) is 25.4. The van der Waals surface area contributed by atoms with Crippen LogP contribution in [0.2, 0.25) is 0 Å². The van der Waals surface area contributed by atoms with Crippen LogP contribution in [0.5, 0.6) is 0 Å². The molecule has 2 heteroatoms. The highest BCUT2D eigenvalue weighted by atomic mass is 16.1. The van der Waals surface area contributed by atoms with E-state index >= 15 is 0 Å². The predicted octanol–water partition coefficient (Wildman–Crippen LogP) is 5.62. The Bertz CT molecular complexity index is 865. The van der Waals surface area contributed by atoms with Gasteiger partial charge in [-0.2, -0.15) is 0 Å². The van der Waals surface area contributed by atoms with Gasteiger partial charge in [-0.05, 0) is 18.4 Å². The van der Waals surface area contributed by atoms with Crippen molar-refractivity contribution in [3.05, 3.63) is 107 Å². The summed E-state index contributed by atoms with van der Waals surface area (Å²) in [6.45, 7) is 2.00. The molecular formula is C24H22O2. The Balaban J connectivity index is 1.81. The van der Waals surface area contributed by atoms with Crippen LogP contribution < -0.4 is 0 Å². The number of hydrogen-bond acceptors (Lipinski definition) is 2. The maximum atomic E-state index is 12.7. The third-order valence-corrected chi connectivity index (χ3v) is 4.60. The van der Waals surface area contributed by atoms with Crippen LogP contribution in [-0.2, 0) is 0 Å². The van der Waals surface area contributed by atoms with Gasteiger partial charge in [0.05, 0.1) is 0 Å². The average molecular weight is 342 g/mol. The number of rotatable bonds is 7. The highest BCUT2D eigenvalue weighted by Gasteiger charge is 2.21. The summed E-state index contributed by atoms with van der Waals surface area (Å²) >= 11 is 0. The van der Waals surface area contributed by atoms with Crippen molar-refractivity contribution in [3.8, 4) is 0 Å². The highest BCUT2D eigenvalue weighted by Crippen LogP contribution is 2.27. The summed E-state index contributed by atoms with van der Waals surface area (Å²) in [7, 11) is 0. The molecule has 2 nitrogen and oxygen atoms in total. The second-order valence-electron chi connectivity index (χ2n) is 6.59. The van der Waals surface area contributed by atoms with Crippen LogP contribution in [0, 0.1) is 6.92 Å². The van der Waals surface area contributed by atoms with E-state index in [0.29, 0.717) is 24.0 Å². The van der Waals surface area contributed by atoms with Crippen LogP contribution >= 0.6 is 0 Å². The molecule has 0 aliphatic heterocycles. The topological polar surface area (TPSA) is 34.1 Å². The fourth-order valence-corrected chi connectivity index (χ4v) is 3.08. The number of carbonyl (C=O) groups is 2. The molecule has 0 bridgehead atoms. The van der Waals surface area contributed by atoms with Crippen molar-refractivity contribution in [1.82, 2.24) is 0 Å². The van der Waals surface area contributed by atoms with Gasteiger partial charge in [-0.3, -0.25) is 9.59 Å². The Labute approximate surface area is 154 Å². The smallest absolute Gasteiger partial charge is 0.163 e. The summed E-state index contributed by atoms with van der Waals surface area (Å²) < 4.78 is 0. The van der Waals surface area contributed by atoms with Crippen molar-refractivity contribution in [2.75, 3.05) is 0 Å². The van der Waals surface area contributed by atoms with Crippen molar-refractivity contribution >= 4 is 11.6 Å². The van der Waals surface area contributed by atoms with E-state index in [1.807, 2.05) is 91.9 Å². The van der Waals surface area contributed by atoms with Crippen molar-refractivity contribution in [1.29, 1.82) is 0 Å². The summed E-state index contributed by atoms with van der Waals surface area (Å²) in [5.74, 6) is 0.00795. The Morgan fingerprint density at radius 1 is 0.654 bits per heavy atom. The van der Waals surface area contributed by atoms with E-state index in [2.05, 4.69) is 0 Å². The predicted molar refractivity (Wildman–Crippen MR) is 105 cm³/mol. The molecule has 130 valence electrons. The number of ketones is 2. The number of aryl methyl sites for hydroxylation is 1. The fourth-order valence-electron chi connectivity index (χ4n) is 3.08. The van der Waals surface area contributed by atoms with Gasteiger partial charge in [0.1, 0.15) is 0 Å². The molecule has 0 aromatic heterocycles. The van der Waals surface area contributed by atoms with E-state index in [1.54, 1.807) is 0 Å². The SMILES string of the molecule is Cc1ccc(C(=O)C[C@H](CC(=O)c2ccccc2)c2ccccc2)cc1. The molecule has 0 amide bonds. The Morgan fingerprint density at radius 3 is 1.65 bits per heavy atom. The third kappa shape index (κ3) is 4.54. The summed E-state index contributed by atoms with van der Waals surface area (Å²) in [6.07, 6.45) is 0.650. The van der Waals surface area contributed by atoms with Gasteiger partial charge in [0.2, 0.25) is 0 Å². The van der Waals surface area contributed by atoms with E-state index in [4.69, 9.17) is 0 Å². The third-order valence-electron chi connectivity index (χ3n) is 4.60. The van der Waals surface area contributed by atoms with Crippen LogP contribution in [0.4, 0.5) is 0 Å². The zero-order chi connectivity index (χ0) is 18.4. The molecule has 0 unspecified atom stereocenters. The molecule has 0 N–H and O–H groups in total. The zero-order valence-corrected chi connectivity index (χ0v) is 14.9. The minimum atomic E-state index is -0.127. The molecule has 0 saturated carbocycles. The van der Waals surface area contributed by atoms with Gasteiger partial charge in [0, 0.05) is 24.0 Å². The molecule has 0 saturated heterocycles. The first-order valence-electron chi connectivity index (χ1n) is 8.86. The first-order valence-corrected chi connectivity index (χ1v) is 8.86. The number of Topliss-reactive ketones (excluding diaryl/α,β-unsaturated/α-hetero) is 2. The molecule has 0 radical (unpaired) electrons.